The van der Waals surface area contributed by atoms with E-state index in [-0.39, 0.29) is 6.04 Å². The predicted molar refractivity (Wildman–Crippen MR) is 54.4 cm³/mol. The van der Waals surface area contributed by atoms with Gasteiger partial charge in [-0.15, -0.1) is 11.3 Å². The fraction of sp³-hybridized carbons (Fsp3) is 0.556. The highest BCUT2D eigenvalue weighted by Crippen LogP contribution is 2.21. The lowest BCUT2D eigenvalue weighted by Gasteiger charge is -2.16. The second-order valence-corrected chi connectivity index (χ2v) is 4.05. The van der Waals surface area contributed by atoms with Gasteiger partial charge in [0, 0.05) is 17.0 Å². The average Bonchev–Trinajstić information content (AvgIpc) is 2.51. The Hall–Kier alpha value is -0.380. The largest absolute Gasteiger partial charge is 0.328 e. The molecule has 0 aliphatic heterocycles. The summed E-state index contributed by atoms with van der Waals surface area (Å²) in [7, 11) is 1.98. The van der Waals surface area contributed by atoms with Gasteiger partial charge in [-0.1, -0.05) is 6.07 Å². The molecule has 0 aromatic carbocycles. The Kier molecular flexibility index (Phi) is 3.72. The third-order valence-electron chi connectivity index (χ3n) is 1.84. The van der Waals surface area contributed by atoms with Gasteiger partial charge >= 0.3 is 0 Å². The highest BCUT2D eigenvalue weighted by Gasteiger charge is 2.11. The first kappa shape index (κ1) is 9.71. The van der Waals surface area contributed by atoms with Gasteiger partial charge in [0.05, 0.1) is 0 Å². The summed E-state index contributed by atoms with van der Waals surface area (Å²) in [6, 6.07) is 4.90. The molecule has 0 aliphatic rings. The molecule has 0 aliphatic carbocycles. The smallest absolute Gasteiger partial charge is 0.0427 e. The van der Waals surface area contributed by atoms with E-state index in [2.05, 4.69) is 22.8 Å². The number of hydrogen-bond donors (Lipinski definition) is 2. The second kappa shape index (κ2) is 4.60. The van der Waals surface area contributed by atoms with Crippen LogP contribution in [-0.4, -0.2) is 13.1 Å². The molecular formula is C9H16N2S. The zero-order chi connectivity index (χ0) is 8.97. The van der Waals surface area contributed by atoms with Crippen molar-refractivity contribution in [3.63, 3.8) is 0 Å². The van der Waals surface area contributed by atoms with Crippen molar-refractivity contribution in [3.05, 3.63) is 22.4 Å². The van der Waals surface area contributed by atoms with E-state index < -0.39 is 0 Å². The highest BCUT2D eigenvalue weighted by molar-refractivity contribution is 7.10. The molecule has 12 heavy (non-hydrogen) atoms. The van der Waals surface area contributed by atoms with Crippen LogP contribution >= 0.6 is 11.3 Å². The van der Waals surface area contributed by atoms with Crippen molar-refractivity contribution in [2.24, 2.45) is 5.73 Å². The van der Waals surface area contributed by atoms with Gasteiger partial charge in [-0.2, -0.15) is 0 Å². The second-order valence-electron chi connectivity index (χ2n) is 3.07. The van der Waals surface area contributed by atoms with E-state index in [4.69, 9.17) is 5.73 Å². The van der Waals surface area contributed by atoms with Crippen molar-refractivity contribution in [2.45, 2.75) is 25.4 Å². The molecule has 0 radical (unpaired) electrons. The van der Waals surface area contributed by atoms with Crippen LogP contribution in [0.4, 0.5) is 0 Å². The summed E-state index contributed by atoms with van der Waals surface area (Å²) >= 11 is 1.78. The summed E-state index contributed by atoms with van der Waals surface area (Å²) in [5, 5.41) is 5.36. The summed E-state index contributed by atoms with van der Waals surface area (Å²) in [6.07, 6.45) is 0.997. The van der Waals surface area contributed by atoms with E-state index in [9.17, 15) is 0 Å². The van der Waals surface area contributed by atoms with E-state index in [0.29, 0.717) is 6.04 Å². The van der Waals surface area contributed by atoms with Crippen LogP contribution in [0.25, 0.3) is 0 Å². The van der Waals surface area contributed by atoms with Crippen molar-refractivity contribution >= 4 is 11.3 Å². The van der Waals surface area contributed by atoms with Crippen LogP contribution in [0.2, 0.25) is 0 Å². The Morgan fingerprint density at radius 3 is 2.83 bits per heavy atom. The topological polar surface area (TPSA) is 38.0 Å². The van der Waals surface area contributed by atoms with E-state index in [0.717, 1.165) is 6.42 Å². The Morgan fingerprint density at radius 1 is 1.67 bits per heavy atom. The molecule has 1 heterocycles. The van der Waals surface area contributed by atoms with Gasteiger partial charge in [0.15, 0.2) is 0 Å². The molecule has 0 amide bonds. The molecule has 1 rings (SSSR count). The van der Waals surface area contributed by atoms with Crippen LogP contribution in [0.15, 0.2) is 17.5 Å². The number of nitrogens with two attached hydrogens (primary N) is 1. The molecule has 0 fully saturated rings. The Bertz CT molecular complexity index is 206. The fourth-order valence-corrected chi connectivity index (χ4v) is 2.09. The van der Waals surface area contributed by atoms with Crippen molar-refractivity contribution in [1.29, 1.82) is 0 Å². The van der Waals surface area contributed by atoms with Gasteiger partial charge in [-0.25, -0.2) is 0 Å². The van der Waals surface area contributed by atoms with Crippen molar-refractivity contribution in [3.8, 4) is 0 Å². The number of rotatable bonds is 4. The summed E-state index contributed by atoms with van der Waals surface area (Å²) in [4.78, 5) is 1.37. The summed E-state index contributed by atoms with van der Waals surface area (Å²) in [5.74, 6) is 0. The lowest BCUT2D eigenvalue weighted by molar-refractivity contribution is 0.506. The van der Waals surface area contributed by atoms with Gasteiger partial charge in [0.2, 0.25) is 0 Å². The Balaban J connectivity index is 2.57. The zero-order valence-corrected chi connectivity index (χ0v) is 8.40. The first-order valence-electron chi connectivity index (χ1n) is 4.20. The van der Waals surface area contributed by atoms with E-state index in [1.54, 1.807) is 11.3 Å². The highest BCUT2D eigenvalue weighted by atomic mass is 32.1. The number of thiophene rings is 1. The number of nitrogens with one attached hydrogen (secondary N) is 1. The maximum Gasteiger partial charge on any atom is 0.0427 e. The van der Waals surface area contributed by atoms with Gasteiger partial charge < -0.3 is 11.1 Å². The van der Waals surface area contributed by atoms with Crippen molar-refractivity contribution in [2.75, 3.05) is 7.05 Å². The summed E-state index contributed by atoms with van der Waals surface area (Å²) < 4.78 is 0. The minimum absolute atomic E-state index is 0.254. The SMILES string of the molecule is CNC(CC(C)N)c1cccs1. The normalized spacial score (nSPS) is 15.9. The van der Waals surface area contributed by atoms with Crippen LogP contribution in [-0.2, 0) is 0 Å². The molecule has 2 unspecified atom stereocenters. The lowest BCUT2D eigenvalue weighted by Crippen LogP contribution is -2.25. The molecule has 0 saturated carbocycles. The molecule has 1 aromatic heterocycles. The van der Waals surface area contributed by atoms with Crippen LogP contribution in [0.5, 0.6) is 0 Å². The molecule has 2 nitrogen and oxygen atoms in total. The first-order valence-corrected chi connectivity index (χ1v) is 5.08. The molecular weight excluding hydrogens is 168 g/mol. The van der Waals surface area contributed by atoms with Crippen molar-refractivity contribution < 1.29 is 0 Å². The molecule has 3 heteroatoms. The summed E-state index contributed by atoms with van der Waals surface area (Å²) in [5.41, 5.74) is 5.74. The minimum Gasteiger partial charge on any atom is -0.328 e. The maximum absolute atomic E-state index is 5.74. The third-order valence-corrected chi connectivity index (χ3v) is 2.83. The van der Waals surface area contributed by atoms with Gasteiger partial charge in [0.1, 0.15) is 0 Å². The molecule has 68 valence electrons. The van der Waals surface area contributed by atoms with E-state index in [1.807, 2.05) is 14.0 Å². The lowest BCUT2D eigenvalue weighted by atomic mass is 10.1. The van der Waals surface area contributed by atoms with Gasteiger partial charge in [0.25, 0.3) is 0 Å². The van der Waals surface area contributed by atoms with E-state index >= 15 is 0 Å². The van der Waals surface area contributed by atoms with Gasteiger partial charge in [-0.3, -0.25) is 0 Å². The molecule has 3 N–H and O–H groups in total. The monoisotopic (exact) mass is 184 g/mol. The average molecular weight is 184 g/mol. The Morgan fingerprint density at radius 2 is 2.42 bits per heavy atom. The van der Waals surface area contributed by atoms with Crippen LogP contribution < -0.4 is 11.1 Å². The molecule has 0 bridgehead atoms. The standard InChI is InChI=1S/C9H16N2S/c1-7(10)6-8(11-2)9-4-3-5-12-9/h3-5,7-8,11H,6,10H2,1-2H3. The van der Waals surface area contributed by atoms with Crippen molar-refractivity contribution in [1.82, 2.24) is 5.32 Å². The van der Waals surface area contributed by atoms with Gasteiger partial charge in [-0.05, 0) is 31.8 Å². The molecule has 2 atom stereocenters. The van der Waals surface area contributed by atoms with Crippen LogP contribution in [0, 0.1) is 0 Å². The maximum atomic E-state index is 5.74. The van der Waals surface area contributed by atoms with Crippen LogP contribution in [0.1, 0.15) is 24.3 Å². The molecule has 0 saturated heterocycles. The first-order chi connectivity index (χ1) is 5.74. The third kappa shape index (κ3) is 2.59. The minimum atomic E-state index is 0.254. The Labute approximate surface area is 77.8 Å². The van der Waals surface area contributed by atoms with E-state index in [1.165, 1.54) is 4.88 Å². The predicted octanol–water partition coefficient (Wildman–Crippen LogP) is 1.75. The molecule has 0 spiro atoms. The quantitative estimate of drug-likeness (QED) is 0.748. The molecule has 1 aromatic rings. The summed E-state index contributed by atoms with van der Waals surface area (Å²) in [6.45, 7) is 2.04. The zero-order valence-electron chi connectivity index (χ0n) is 7.58. The fourth-order valence-electron chi connectivity index (χ4n) is 1.24. The number of hydrogen-bond acceptors (Lipinski definition) is 3. The van der Waals surface area contributed by atoms with Crippen LogP contribution in [0.3, 0.4) is 0 Å².